The third-order valence-corrected chi connectivity index (χ3v) is 3.06. The molecule has 5 heteroatoms. The number of ketones is 1. The SMILES string of the molecule is CSc1cccc(Br)c1C(=O)C(=O)O. The lowest BCUT2D eigenvalue weighted by molar-refractivity contribution is -0.131. The zero-order valence-electron chi connectivity index (χ0n) is 7.28. The van der Waals surface area contributed by atoms with Crippen molar-refractivity contribution in [2.45, 2.75) is 4.90 Å². The largest absolute Gasteiger partial charge is 0.475 e. The quantitative estimate of drug-likeness (QED) is 0.523. The van der Waals surface area contributed by atoms with Gasteiger partial charge in [-0.3, -0.25) is 4.79 Å². The van der Waals surface area contributed by atoms with Gasteiger partial charge in [-0.1, -0.05) is 6.07 Å². The molecule has 14 heavy (non-hydrogen) atoms. The second kappa shape index (κ2) is 4.61. The summed E-state index contributed by atoms with van der Waals surface area (Å²) in [5.74, 6) is -2.32. The van der Waals surface area contributed by atoms with Crippen LogP contribution in [-0.4, -0.2) is 23.1 Å². The van der Waals surface area contributed by atoms with Gasteiger partial charge in [-0.15, -0.1) is 11.8 Å². The summed E-state index contributed by atoms with van der Waals surface area (Å²) in [5, 5.41) is 8.60. The highest BCUT2D eigenvalue weighted by atomic mass is 79.9. The number of hydrogen-bond donors (Lipinski definition) is 1. The number of thioether (sulfide) groups is 1. The van der Waals surface area contributed by atoms with Gasteiger partial charge in [-0.25, -0.2) is 4.79 Å². The van der Waals surface area contributed by atoms with E-state index >= 15 is 0 Å². The Balaban J connectivity index is 3.30. The fraction of sp³-hybridized carbons (Fsp3) is 0.111. The van der Waals surface area contributed by atoms with E-state index in [2.05, 4.69) is 15.9 Å². The lowest BCUT2D eigenvalue weighted by Gasteiger charge is -2.05. The Morgan fingerprint density at radius 3 is 2.57 bits per heavy atom. The van der Waals surface area contributed by atoms with Crippen molar-refractivity contribution in [3.63, 3.8) is 0 Å². The molecule has 0 saturated carbocycles. The molecule has 0 spiro atoms. The Kier molecular flexibility index (Phi) is 3.71. The first-order chi connectivity index (χ1) is 6.57. The summed E-state index contributed by atoms with van der Waals surface area (Å²) in [6, 6.07) is 5.12. The summed E-state index contributed by atoms with van der Waals surface area (Å²) in [7, 11) is 0. The van der Waals surface area contributed by atoms with E-state index in [0.29, 0.717) is 9.37 Å². The van der Waals surface area contributed by atoms with Gasteiger partial charge in [-0.05, 0) is 34.3 Å². The van der Waals surface area contributed by atoms with Crippen LogP contribution in [0.4, 0.5) is 0 Å². The molecule has 1 aromatic rings. The molecule has 1 aromatic carbocycles. The van der Waals surface area contributed by atoms with Crippen LogP contribution in [0, 0.1) is 0 Å². The number of Topliss-reactive ketones (excluding diaryl/α,β-unsaturated/α-hetero) is 1. The molecule has 1 rings (SSSR count). The minimum absolute atomic E-state index is 0.215. The normalized spacial score (nSPS) is 9.86. The molecule has 0 aliphatic carbocycles. The molecule has 0 atom stereocenters. The van der Waals surface area contributed by atoms with Gasteiger partial charge in [0, 0.05) is 9.37 Å². The first-order valence-electron chi connectivity index (χ1n) is 3.68. The van der Waals surface area contributed by atoms with Gasteiger partial charge >= 0.3 is 5.97 Å². The van der Waals surface area contributed by atoms with E-state index in [1.165, 1.54) is 11.8 Å². The third kappa shape index (κ3) is 2.16. The van der Waals surface area contributed by atoms with Crippen molar-refractivity contribution in [2.75, 3.05) is 6.26 Å². The van der Waals surface area contributed by atoms with Gasteiger partial charge in [0.25, 0.3) is 5.78 Å². The van der Waals surface area contributed by atoms with E-state index in [4.69, 9.17) is 5.11 Å². The second-order valence-electron chi connectivity index (χ2n) is 2.45. The Morgan fingerprint density at radius 1 is 1.43 bits per heavy atom. The number of hydrogen-bond acceptors (Lipinski definition) is 3. The van der Waals surface area contributed by atoms with Crippen molar-refractivity contribution in [3.8, 4) is 0 Å². The summed E-state index contributed by atoms with van der Waals surface area (Å²) in [4.78, 5) is 22.5. The number of carbonyl (C=O) groups is 2. The van der Waals surface area contributed by atoms with Gasteiger partial charge in [-0.2, -0.15) is 0 Å². The number of benzene rings is 1. The number of aliphatic carboxylic acids is 1. The number of carboxylic acids is 1. The zero-order chi connectivity index (χ0) is 10.7. The van der Waals surface area contributed by atoms with Gasteiger partial charge in [0.2, 0.25) is 0 Å². The minimum atomic E-state index is -1.44. The van der Waals surface area contributed by atoms with Crippen molar-refractivity contribution < 1.29 is 14.7 Å². The van der Waals surface area contributed by atoms with Crippen LogP contribution in [0.5, 0.6) is 0 Å². The molecule has 0 unspecified atom stereocenters. The molecule has 0 bridgehead atoms. The molecular weight excluding hydrogens is 268 g/mol. The molecule has 0 saturated heterocycles. The van der Waals surface area contributed by atoms with Crippen LogP contribution >= 0.6 is 27.7 Å². The monoisotopic (exact) mass is 274 g/mol. The highest BCUT2D eigenvalue weighted by Crippen LogP contribution is 2.27. The number of rotatable bonds is 3. The molecule has 0 aliphatic heterocycles. The first-order valence-corrected chi connectivity index (χ1v) is 5.69. The van der Waals surface area contributed by atoms with Crippen LogP contribution < -0.4 is 0 Å². The fourth-order valence-corrected chi connectivity index (χ4v) is 2.30. The predicted octanol–water partition coefficient (Wildman–Crippen LogP) is 2.44. The average Bonchev–Trinajstić information content (AvgIpc) is 2.16. The van der Waals surface area contributed by atoms with Gasteiger partial charge < -0.3 is 5.11 Å². The van der Waals surface area contributed by atoms with E-state index in [1.54, 1.807) is 24.5 Å². The maximum absolute atomic E-state index is 11.3. The molecule has 0 aromatic heterocycles. The van der Waals surface area contributed by atoms with Crippen LogP contribution in [0.25, 0.3) is 0 Å². The van der Waals surface area contributed by atoms with Crippen molar-refractivity contribution in [3.05, 3.63) is 28.2 Å². The summed E-state index contributed by atoms with van der Waals surface area (Å²) in [5.41, 5.74) is 0.215. The van der Waals surface area contributed by atoms with Crippen LogP contribution in [0.1, 0.15) is 10.4 Å². The van der Waals surface area contributed by atoms with E-state index in [-0.39, 0.29) is 5.56 Å². The van der Waals surface area contributed by atoms with Crippen molar-refractivity contribution >= 4 is 39.4 Å². The molecule has 1 N–H and O–H groups in total. The van der Waals surface area contributed by atoms with Gasteiger partial charge in [0.15, 0.2) is 0 Å². The highest BCUT2D eigenvalue weighted by Gasteiger charge is 2.20. The molecule has 0 amide bonds. The van der Waals surface area contributed by atoms with Crippen molar-refractivity contribution in [2.24, 2.45) is 0 Å². The van der Waals surface area contributed by atoms with E-state index in [0.717, 1.165) is 0 Å². The zero-order valence-corrected chi connectivity index (χ0v) is 9.68. The van der Waals surface area contributed by atoms with Crippen LogP contribution in [0.15, 0.2) is 27.6 Å². The molecule has 0 fully saturated rings. The van der Waals surface area contributed by atoms with E-state index in [1.807, 2.05) is 0 Å². The summed E-state index contributed by atoms with van der Waals surface area (Å²) < 4.78 is 0.511. The van der Waals surface area contributed by atoms with Gasteiger partial charge in [0.05, 0.1) is 5.56 Å². The fourth-order valence-electron chi connectivity index (χ4n) is 1.00. The Hall–Kier alpha value is -0.810. The highest BCUT2D eigenvalue weighted by molar-refractivity contribution is 9.10. The van der Waals surface area contributed by atoms with Crippen molar-refractivity contribution in [1.29, 1.82) is 0 Å². The Labute approximate surface area is 93.6 Å². The van der Waals surface area contributed by atoms with E-state index in [9.17, 15) is 9.59 Å². The lowest BCUT2D eigenvalue weighted by atomic mass is 10.1. The molecule has 0 aliphatic rings. The first kappa shape index (κ1) is 11.3. The number of halogens is 1. The summed E-state index contributed by atoms with van der Waals surface area (Å²) in [6.45, 7) is 0. The number of carbonyl (C=O) groups excluding carboxylic acids is 1. The van der Waals surface area contributed by atoms with Crippen LogP contribution in [0.2, 0.25) is 0 Å². The maximum Gasteiger partial charge on any atom is 0.377 e. The Morgan fingerprint density at radius 2 is 2.07 bits per heavy atom. The molecule has 3 nitrogen and oxygen atoms in total. The van der Waals surface area contributed by atoms with E-state index < -0.39 is 11.8 Å². The Bertz CT molecular complexity index is 390. The second-order valence-corrected chi connectivity index (χ2v) is 4.15. The molecular formula is C9H7BrO3S. The molecule has 74 valence electrons. The summed E-state index contributed by atoms with van der Waals surface area (Å²) >= 11 is 4.50. The summed E-state index contributed by atoms with van der Waals surface area (Å²) in [6.07, 6.45) is 1.79. The van der Waals surface area contributed by atoms with Crippen molar-refractivity contribution in [1.82, 2.24) is 0 Å². The average molecular weight is 275 g/mol. The predicted molar refractivity (Wildman–Crippen MR) is 57.9 cm³/mol. The minimum Gasteiger partial charge on any atom is -0.475 e. The smallest absolute Gasteiger partial charge is 0.377 e. The van der Waals surface area contributed by atoms with Crippen LogP contribution in [-0.2, 0) is 4.79 Å². The van der Waals surface area contributed by atoms with Crippen LogP contribution in [0.3, 0.4) is 0 Å². The topological polar surface area (TPSA) is 54.4 Å². The molecule has 0 heterocycles. The number of carboxylic acid groups (broad SMARTS) is 1. The standard InChI is InChI=1S/C9H7BrO3S/c1-14-6-4-2-3-5(10)7(6)8(11)9(12)13/h2-4H,1H3,(H,12,13). The molecule has 0 radical (unpaired) electrons. The lowest BCUT2D eigenvalue weighted by Crippen LogP contribution is -2.14. The maximum atomic E-state index is 11.3. The van der Waals surface area contributed by atoms with Gasteiger partial charge in [0.1, 0.15) is 0 Å². The third-order valence-electron chi connectivity index (χ3n) is 1.62.